The van der Waals surface area contributed by atoms with Gasteiger partial charge in [-0.3, -0.25) is 10.1 Å². The van der Waals surface area contributed by atoms with Crippen LogP contribution in [0.25, 0.3) is 22.4 Å². The quantitative estimate of drug-likeness (QED) is 0.235. The van der Waals surface area contributed by atoms with Crippen molar-refractivity contribution in [3.8, 4) is 11.5 Å². The van der Waals surface area contributed by atoms with Crippen LogP contribution in [0.2, 0.25) is 0 Å². The normalized spacial score (nSPS) is 11.3. The van der Waals surface area contributed by atoms with Crippen molar-refractivity contribution >= 4 is 28.9 Å². The Hall–Kier alpha value is -4.14. The second kappa shape index (κ2) is 6.64. The molecule has 9 heteroatoms. The Balaban J connectivity index is 1.68. The van der Waals surface area contributed by atoms with Crippen LogP contribution >= 0.6 is 0 Å². The van der Waals surface area contributed by atoms with Crippen LogP contribution in [0, 0.1) is 10.1 Å². The van der Waals surface area contributed by atoms with Crippen LogP contribution in [0.3, 0.4) is 0 Å². The van der Waals surface area contributed by atoms with Gasteiger partial charge in [0.05, 0.1) is 10.5 Å². The summed E-state index contributed by atoms with van der Waals surface area (Å²) in [5, 5.41) is 19.3. The van der Waals surface area contributed by atoms with E-state index in [2.05, 4.69) is 15.2 Å². The van der Waals surface area contributed by atoms with Gasteiger partial charge in [-0.1, -0.05) is 35.4 Å². The van der Waals surface area contributed by atoms with Gasteiger partial charge in [0.2, 0.25) is 0 Å². The Bertz CT molecular complexity index is 1240. The third-order valence-corrected chi connectivity index (χ3v) is 3.73. The lowest BCUT2D eigenvalue weighted by atomic mass is 10.2. The van der Waals surface area contributed by atoms with Gasteiger partial charge in [-0.15, -0.1) is 5.10 Å². The molecule has 2 aromatic carbocycles. The fourth-order valence-electron chi connectivity index (χ4n) is 2.48. The summed E-state index contributed by atoms with van der Waals surface area (Å²) in [6.07, 6.45) is 1.25. The van der Waals surface area contributed by atoms with Crippen molar-refractivity contribution in [3.05, 3.63) is 80.7 Å². The standard InChI is InChI=1S/C18H10N4O5/c23-17-13(9-11-5-2-4-8-15(11)26-17)16-20-21-18(27-16)19-10-12-6-1-3-7-14(12)22(24)25/h1-10H/b19-10+. The van der Waals surface area contributed by atoms with Gasteiger partial charge in [0.1, 0.15) is 11.1 Å². The van der Waals surface area contributed by atoms with E-state index in [9.17, 15) is 14.9 Å². The number of para-hydroxylation sites is 2. The molecular weight excluding hydrogens is 352 g/mol. The van der Waals surface area contributed by atoms with Crippen molar-refractivity contribution in [3.63, 3.8) is 0 Å². The number of nitro benzene ring substituents is 1. The van der Waals surface area contributed by atoms with E-state index < -0.39 is 10.5 Å². The lowest BCUT2D eigenvalue weighted by Gasteiger charge is -1.97. The number of aliphatic imine (C=N–C) groups is 1. The predicted molar refractivity (Wildman–Crippen MR) is 96.1 cm³/mol. The highest BCUT2D eigenvalue weighted by molar-refractivity contribution is 5.86. The lowest BCUT2D eigenvalue weighted by molar-refractivity contribution is -0.385. The third kappa shape index (κ3) is 3.21. The van der Waals surface area contributed by atoms with Crippen molar-refractivity contribution in [1.29, 1.82) is 0 Å². The molecule has 0 amide bonds. The van der Waals surface area contributed by atoms with Crippen LogP contribution in [0.5, 0.6) is 0 Å². The Labute approximate surface area is 150 Å². The number of hydrogen-bond donors (Lipinski definition) is 0. The van der Waals surface area contributed by atoms with E-state index in [0.717, 1.165) is 0 Å². The zero-order valence-corrected chi connectivity index (χ0v) is 13.6. The smallest absolute Gasteiger partial charge is 0.349 e. The monoisotopic (exact) mass is 362 g/mol. The highest BCUT2D eigenvalue weighted by Gasteiger charge is 2.15. The van der Waals surface area contributed by atoms with Gasteiger partial charge in [0, 0.05) is 17.7 Å². The maximum Gasteiger partial charge on any atom is 0.349 e. The molecule has 0 fully saturated rings. The second-order valence-corrected chi connectivity index (χ2v) is 5.45. The SMILES string of the molecule is O=c1oc2ccccc2cc1-c1nnc(/N=C/c2ccccc2[N+](=O)[O-])o1. The van der Waals surface area contributed by atoms with Crippen molar-refractivity contribution in [2.75, 3.05) is 0 Å². The third-order valence-electron chi connectivity index (χ3n) is 3.73. The number of nitro groups is 1. The summed E-state index contributed by atoms with van der Waals surface area (Å²) in [5.74, 6) is -0.0517. The molecule has 0 aliphatic heterocycles. The number of aromatic nitrogens is 2. The minimum absolute atomic E-state index is 0.0517. The lowest BCUT2D eigenvalue weighted by Crippen LogP contribution is -2.02. The van der Waals surface area contributed by atoms with Gasteiger partial charge in [-0.2, -0.15) is 0 Å². The van der Waals surface area contributed by atoms with Crippen LogP contribution in [-0.4, -0.2) is 21.3 Å². The zero-order valence-electron chi connectivity index (χ0n) is 13.6. The van der Waals surface area contributed by atoms with E-state index in [0.29, 0.717) is 11.0 Å². The molecule has 0 N–H and O–H groups in total. The summed E-state index contributed by atoms with van der Waals surface area (Å²) < 4.78 is 10.6. The summed E-state index contributed by atoms with van der Waals surface area (Å²) in [6, 6.07) is 14.6. The minimum Gasteiger partial charge on any atom is -0.422 e. The van der Waals surface area contributed by atoms with E-state index in [1.807, 2.05) is 6.07 Å². The minimum atomic E-state index is -0.619. The zero-order chi connectivity index (χ0) is 18.8. The van der Waals surface area contributed by atoms with E-state index in [4.69, 9.17) is 8.83 Å². The first kappa shape index (κ1) is 16.3. The topological polar surface area (TPSA) is 125 Å². The molecule has 0 radical (unpaired) electrons. The van der Waals surface area contributed by atoms with Crippen LogP contribution in [0.4, 0.5) is 11.7 Å². The number of hydrogen-bond acceptors (Lipinski definition) is 8. The van der Waals surface area contributed by atoms with Gasteiger partial charge < -0.3 is 8.83 Å². The molecule has 0 saturated carbocycles. The molecular formula is C18H10N4O5. The molecule has 0 bridgehead atoms. The number of fused-ring (bicyclic) bond motifs is 1. The average molecular weight is 362 g/mol. The summed E-state index contributed by atoms with van der Waals surface area (Å²) in [6.45, 7) is 0. The summed E-state index contributed by atoms with van der Waals surface area (Å²) in [5.41, 5.74) is 0.115. The predicted octanol–water partition coefficient (Wildman–Crippen LogP) is 3.50. The van der Waals surface area contributed by atoms with Gasteiger partial charge in [-0.25, -0.2) is 9.79 Å². The van der Waals surface area contributed by atoms with E-state index in [1.54, 1.807) is 36.4 Å². The Kier molecular flexibility index (Phi) is 4.01. The second-order valence-electron chi connectivity index (χ2n) is 5.45. The van der Waals surface area contributed by atoms with Gasteiger partial charge in [-0.05, 0) is 18.2 Å². The first-order valence-electron chi connectivity index (χ1n) is 7.76. The molecule has 2 heterocycles. The Morgan fingerprint density at radius 2 is 1.81 bits per heavy atom. The summed E-state index contributed by atoms with van der Waals surface area (Å²) in [7, 11) is 0. The first-order chi connectivity index (χ1) is 13.1. The van der Waals surface area contributed by atoms with Gasteiger partial charge >= 0.3 is 11.6 Å². The highest BCUT2D eigenvalue weighted by atomic mass is 16.6. The first-order valence-corrected chi connectivity index (χ1v) is 7.76. The average Bonchev–Trinajstić information content (AvgIpc) is 3.14. The highest BCUT2D eigenvalue weighted by Crippen LogP contribution is 2.23. The van der Waals surface area contributed by atoms with Crippen LogP contribution in [-0.2, 0) is 0 Å². The largest absolute Gasteiger partial charge is 0.422 e. The molecule has 0 atom stereocenters. The van der Waals surface area contributed by atoms with Gasteiger partial charge in [0.25, 0.3) is 11.6 Å². The molecule has 9 nitrogen and oxygen atoms in total. The molecule has 0 spiro atoms. The molecule has 4 rings (SSSR count). The fourth-order valence-corrected chi connectivity index (χ4v) is 2.48. The van der Waals surface area contributed by atoms with Crippen molar-refractivity contribution in [2.24, 2.45) is 4.99 Å². The number of rotatable bonds is 4. The van der Waals surface area contributed by atoms with Crippen LogP contribution in [0.15, 0.2) is 73.2 Å². The summed E-state index contributed by atoms with van der Waals surface area (Å²) >= 11 is 0. The van der Waals surface area contributed by atoms with Crippen LogP contribution in [0.1, 0.15) is 5.56 Å². The fraction of sp³-hybridized carbons (Fsp3) is 0. The Morgan fingerprint density at radius 3 is 2.67 bits per heavy atom. The molecule has 132 valence electrons. The van der Waals surface area contributed by atoms with E-state index in [1.165, 1.54) is 18.3 Å². The van der Waals surface area contributed by atoms with E-state index >= 15 is 0 Å². The van der Waals surface area contributed by atoms with E-state index in [-0.39, 0.29) is 28.7 Å². The summed E-state index contributed by atoms with van der Waals surface area (Å²) in [4.78, 5) is 26.6. The molecule has 27 heavy (non-hydrogen) atoms. The maximum absolute atomic E-state index is 12.1. The number of nitrogens with zero attached hydrogens (tertiary/aromatic N) is 4. The van der Waals surface area contributed by atoms with Gasteiger partial charge in [0.15, 0.2) is 0 Å². The van der Waals surface area contributed by atoms with Crippen molar-refractivity contribution in [1.82, 2.24) is 10.2 Å². The Morgan fingerprint density at radius 1 is 1.04 bits per heavy atom. The molecule has 0 saturated heterocycles. The number of benzene rings is 2. The molecule has 0 aliphatic carbocycles. The molecule has 0 unspecified atom stereocenters. The molecule has 4 aromatic rings. The maximum atomic E-state index is 12.1. The van der Waals surface area contributed by atoms with Crippen LogP contribution < -0.4 is 5.63 Å². The molecule has 2 aromatic heterocycles. The van der Waals surface area contributed by atoms with Crippen molar-refractivity contribution in [2.45, 2.75) is 0 Å². The van der Waals surface area contributed by atoms with Crippen molar-refractivity contribution < 1.29 is 13.8 Å². The molecule has 0 aliphatic rings.